The molecule has 0 saturated carbocycles. The number of H-pyrrole nitrogens is 1. The van der Waals surface area contributed by atoms with Gasteiger partial charge < -0.3 is 25.1 Å². The number of hydrazine groups is 1. The predicted molar refractivity (Wildman–Crippen MR) is 131 cm³/mol. The van der Waals surface area contributed by atoms with Crippen LogP contribution in [0.2, 0.25) is 0 Å². The summed E-state index contributed by atoms with van der Waals surface area (Å²) in [4.78, 5) is 18.1. The fourth-order valence-electron chi connectivity index (χ4n) is 3.59. The summed E-state index contributed by atoms with van der Waals surface area (Å²) < 4.78 is 46.3. The first-order valence-electron chi connectivity index (χ1n) is 11.1. The number of hydrogen-bond donors (Lipinski definition) is 3. The maximum Gasteiger partial charge on any atom is 0.573 e. The molecule has 5 N–H and O–H groups in total. The number of nitrogens with one attached hydrogen (secondary N) is 1. The number of para-hydroxylation sites is 1. The Morgan fingerprint density at radius 1 is 1.14 bits per heavy atom. The van der Waals surface area contributed by atoms with Crippen molar-refractivity contribution in [2.75, 3.05) is 36.2 Å². The van der Waals surface area contributed by atoms with E-state index in [1.165, 1.54) is 23.3 Å². The average molecular weight is 492 g/mol. The maximum absolute atomic E-state index is 12.7. The topological polar surface area (TPSA) is 110 Å². The van der Waals surface area contributed by atoms with Gasteiger partial charge in [-0.1, -0.05) is 26.0 Å². The van der Waals surface area contributed by atoms with Gasteiger partial charge in [0.05, 0.1) is 30.1 Å². The minimum atomic E-state index is -4.78. The van der Waals surface area contributed by atoms with Crippen LogP contribution in [0.5, 0.6) is 5.75 Å². The number of anilines is 2. The summed E-state index contributed by atoms with van der Waals surface area (Å²) in [6.45, 7) is 6.44. The molecule has 0 aliphatic carbocycles. The molecule has 0 spiro atoms. The van der Waals surface area contributed by atoms with Crippen LogP contribution < -0.4 is 31.7 Å². The summed E-state index contributed by atoms with van der Waals surface area (Å²) in [5, 5.41) is 1.65. The molecule has 2 aromatic carbocycles. The Bertz CT molecular complexity index is 1220. The molecule has 0 unspecified atom stereocenters. The van der Waals surface area contributed by atoms with Crippen LogP contribution in [0.1, 0.15) is 19.4 Å². The Kier molecular flexibility index (Phi) is 8.26. The fraction of sp³-hybridized carbons (Fsp3) is 0.292. The van der Waals surface area contributed by atoms with Crippen molar-refractivity contribution in [2.45, 2.75) is 20.2 Å². The van der Waals surface area contributed by atoms with Gasteiger partial charge in [-0.2, -0.15) is 0 Å². The van der Waals surface area contributed by atoms with E-state index >= 15 is 0 Å². The van der Waals surface area contributed by atoms with Gasteiger partial charge in [0.15, 0.2) is 5.43 Å². The van der Waals surface area contributed by atoms with Gasteiger partial charge in [-0.05, 0) is 30.3 Å². The molecule has 0 radical (unpaired) electrons. The van der Waals surface area contributed by atoms with Crippen molar-refractivity contribution in [3.63, 3.8) is 0 Å². The van der Waals surface area contributed by atoms with Crippen molar-refractivity contribution in [3.05, 3.63) is 70.5 Å². The number of halogens is 3. The van der Waals surface area contributed by atoms with Crippen LogP contribution in [-0.4, -0.2) is 37.6 Å². The molecule has 1 aliphatic heterocycles. The van der Waals surface area contributed by atoms with Crippen LogP contribution in [0.15, 0.2) is 59.5 Å². The second-order valence-corrected chi connectivity index (χ2v) is 7.38. The minimum absolute atomic E-state index is 0.148. The molecule has 2 heterocycles. The Hall–Kier alpha value is -3.70. The van der Waals surface area contributed by atoms with E-state index in [-0.39, 0.29) is 16.9 Å². The third kappa shape index (κ3) is 6.46. The van der Waals surface area contributed by atoms with Gasteiger partial charge >= 0.3 is 6.36 Å². The number of fused-ring (bicyclic) bond motifs is 1. The zero-order valence-electron chi connectivity index (χ0n) is 19.4. The van der Waals surface area contributed by atoms with Crippen molar-refractivity contribution in [1.82, 2.24) is 4.98 Å². The highest BCUT2D eigenvalue weighted by molar-refractivity contribution is 5.91. The number of alkyl halides is 3. The number of nitrogens with two attached hydrogens (primary N) is 2. The largest absolute Gasteiger partial charge is 0.573 e. The van der Waals surface area contributed by atoms with Crippen molar-refractivity contribution in [3.8, 4) is 5.75 Å². The molecule has 3 aromatic rings. The predicted octanol–water partition coefficient (Wildman–Crippen LogP) is 3.93. The van der Waals surface area contributed by atoms with E-state index in [9.17, 15) is 18.0 Å². The molecule has 0 amide bonds. The van der Waals surface area contributed by atoms with Gasteiger partial charge in [0.25, 0.3) is 0 Å². The monoisotopic (exact) mass is 491 g/mol. The summed E-state index contributed by atoms with van der Waals surface area (Å²) in [5.41, 5.74) is 7.92. The second kappa shape index (κ2) is 11.2. The van der Waals surface area contributed by atoms with E-state index in [1.807, 2.05) is 18.7 Å². The molecule has 188 valence electrons. The summed E-state index contributed by atoms with van der Waals surface area (Å²) in [6.07, 6.45) is -3.35. The standard InChI is InChI=1S/C22H22F3N5O3.C2H6/c23-22(24,25)33-15-6-4-14(5-7-15)30(27)13-18(26)16-2-1-3-17-19(31)12-20(28-21(16)17)29-8-10-32-11-9-29;1-2/h1-7,12-13H,8-11,26-27H2,(H,28,31);1-2H3/b18-13-;. The number of hydrogen-bond acceptors (Lipinski definition) is 7. The quantitative estimate of drug-likeness (QED) is 0.367. The van der Waals surface area contributed by atoms with Crippen LogP contribution >= 0.6 is 0 Å². The smallest absolute Gasteiger partial charge is 0.406 e. The lowest BCUT2D eigenvalue weighted by atomic mass is 10.1. The number of morpholine rings is 1. The van der Waals surface area contributed by atoms with Crippen LogP contribution in [0.3, 0.4) is 0 Å². The lowest BCUT2D eigenvalue weighted by molar-refractivity contribution is -0.274. The molecule has 8 nitrogen and oxygen atoms in total. The molecule has 11 heteroatoms. The zero-order valence-corrected chi connectivity index (χ0v) is 19.4. The Labute approximate surface area is 200 Å². The van der Waals surface area contributed by atoms with Crippen molar-refractivity contribution in [1.29, 1.82) is 0 Å². The maximum atomic E-state index is 12.7. The molecule has 35 heavy (non-hydrogen) atoms. The number of rotatable bonds is 5. The van der Waals surface area contributed by atoms with Gasteiger partial charge in [-0.3, -0.25) is 9.80 Å². The second-order valence-electron chi connectivity index (χ2n) is 7.38. The molecule has 4 rings (SSSR count). The first-order valence-corrected chi connectivity index (χ1v) is 11.1. The molecular weight excluding hydrogens is 463 g/mol. The molecule has 0 bridgehead atoms. The first-order chi connectivity index (χ1) is 16.7. The number of aromatic nitrogens is 1. The van der Waals surface area contributed by atoms with Gasteiger partial charge in [0.2, 0.25) is 0 Å². The summed E-state index contributed by atoms with van der Waals surface area (Å²) in [6, 6.07) is 11.8. The van der Waals surface area contributed by atoms with Gasteiger partial charge in [0, 0.05) is 36.3 Å². The molecule has 1 aromatic heterocycles. The number of ether oxygens (including phenoxy) is 2. The number of aromatic amines is 1. The van der Waals surface area contributed by atoms with Crippen molar-refractivity contribution in [2.24, 2.45) is 11.6 Å². The molecule has 0 atom stereocenters. The minimum Gasteiger partial charge on any atom is -0.406 e. The first kappa shape index (κ1) is 25.9. The summed E-state index contributed by atoms with van der Waals surface area (Å²) in [7, 11) is 0. The van der Waals surface area contributed by atoms with Crippen molar-refractivity contribution >= 4 is 28.1 Å². The summed E-state index contributed by atoms with van der Waals surface area (Å²) >= 11 is 0. The van der Waals surface area contributed by atoms with Crippen LogP contribution in [0.25, 0.3) is 16.6 Å². The van der Waals surface area contributed by atoms with Crippen LogP contribution in [-0.2, 0) is 4.74 Å². The third-order valence-corrected chi connectivity index (χ3v) is 5.16. The Balaban J connectivity index is 0.00000167. The highest BCUT2D eigenvalue weighted by atomic mass is 19.4. The van der Waals surface area contributed by atoms with Gasteiger partial charge in [-0.15, -0.1) is 13.2 Å². The Morgan fingerprint density at radius 3 is 2.43 bits per heavy atom. The third-order valence-electron chi connectivity index (χ3n) is 5.16. The van der Waals surface area contributed by atoms with Gasteiger partial charge in [-0.25, -0.2) is 5.84 Å². The highest BCUT2D eigenvalue weighted by Crippen LogP contribution is 2.26. The van der Waals surface area contributed by atoms with Gasteiger partial charge in [0.1, 0.15) is 11.6 Å². The molecular formula is C24H28F3N5O3. The lowest BCUT2D eigenvalue weighted by Gasteiger charge is -2.28. The van der Waals surface area contributed by atoms with E-state index in [0.29, 0.717) is 54.3 Å². The summed E-state index contributed by atoms with van der Waals surface area (Å²) in [5.74, 6) is 6.36. The number of nitrogens with zero attached hydrogens (tertiary/aromatic N) is 2. The average Bonchev–Trinajstić information content (AvgIpc) is 2.85. The SMILES string of the molecule is CC.N/C(=C\N(N)c1ccc(OC(F)(F)F)cc1)c1cccc2c(=O)cc(N3CCOCC3)[nH]c12. The normalized spacial score (nSPS) is 14.3. The zero-order chi connectivity index (χ0) is 25.6. The molecule has 1 aliphatic rings. The van der Waals surface area contributed by atoms with E-state index in [2.05, 4.69) is 9.72 Å². The Morgan fingerprint density at radius 2 is 1.80 bits per heavy atom. The number of benzene rings is 2. The van der Waals surface area contributed by atoms with Crippen LogP contribution in [0.4, 0.5) is 24.7 Å². The highest BCUT2D eigenvalue weighted by Gasteiger charge is 2.31. The van der Waals surface area contributed by atoms with E-state index in [0.717, 1.165) is 12.1 Å². The molecule has 1 fully saturated rings. The fourth-order valence-corrected chi connectivity index (χ4v) is 3.59. The van der Waals surface area contributed by atoms with Crippen LogP contribution in [0, 0.1) is 0 Å². The number of pyridine rings is 1. The van der Waals surface area contributed by atoms with Crippen molar-refractivity contribution < 1.29 is 22.6 Å². The van der Waals surface area contributed by atoms with E-state index in [1.54, 1.807) is 24.3 Å². The lowest BCUT2D eigenvalue weighted by Crippen LogP contribution is -2.37. The van der Waals surface area contributed by atoms with E-state index < -0.39 is 6.36 Å². The van der Waals surface area contributed by atoms with E-state index in [4.69, 9.17) is 16.3 Å². The molecule has 1 saturated heterocycles.